The van der Waals surface area contributed by atoms with Crippen molar-refractivity contribution in [2.45, 2.75) is 66.2 Å². The quantitative estimate of drug-likeness (QED) is 0.211. The summed E-state index contributed by atoms with van der Waals surface area (Å²) in [5.41, 5.74) is 3.75. The molecular weight excluding hydrogens is 392 g/mol. The second-order valence-corrected chi connectivity index (χ2v) is 8.22. The van der Waals surface area contributed by atoms with Crippen LogP contribution in [0.15, 0.2) is 69.5 Å². The van der Waals surface area contributed by atoms with Crippen molar-refractivity contribution < 1.29 is 23.5 Å². The van der Waals surface area contributed by atoms with Crippen molar-refractivity contribution in [2.24, 2.45) is 5.92 Å². The predicted molar refractivity (Wildman–Crippen MR) is 121 cm³/mol. The number of cyclic esters (lactones) is 1. The van der Waals surface area contributed by atoms with Gasteiger partial charge < -0.3 is 13.9 Å². The van der Waals surface area contributed by atoms with Gasteiger partial charge in [-0.3, -0.25) is 4.79 Å². The van der Waals surface area contributed by atoms with Crippen molar-refractivity contribution in [2.75, 3.05) is 7.11 Å². The number of allylic oxidation sites excluding steroid dienone is 5. The fraction of sp³-hybridized carbons (Fsp3) is 0.462. The number of esters is 1. The Balaban J connectivity index is 1.70. The Morgan fingerprint density at radius 3 is 2.52 bits per heavy atom. The number of carbonyl (C=O) groups is 2. The normalized spacial score (nSPS) is 17.3. The molecule has 0 amide bonds. The third-order valence-corrected chi connectivity index (χ3v) is 5.47. The summed E-state index contributed by atoms with van der Waals surface area (Å²) in [7, 11) is 1.56. The first-order valence-corrected chi connectivity index (χ1v) is 10.9. The molecule has 5 heteroatoms. The van der Waals surface area contributed by atoms with E-state index in [-0.39, 0.29) is 11.8 Å². The molecule has 2 heterocycles. The van der Waals surface area contributed by atoms with E-state index in [1.165, 1.54) is 23.7 Å². The van der Waals surface area contributed by atoms with Crippen LogP contribution in [0, 0.1) is 5.92 Å². The Labute approximate surface area is 185 Å². The molecule has 1 aromatic heterocycles. The highest BCUT2D eigenvalue weighted by atomic mass is 16.6. The standard InChI is InChI=1S/C26H34O5/c1-18(8-6-10-19(2)12-13-23(27)22-14-15-30-17-22)9-7-11-20(3)16-24-25(29-5)21(4)26(28)31-24/h8,10,14-17,20H,6-7,9,11-13H2,1-5H3/b18-8+,19-10+,24-16-/t20-/m0/s1. The van der Waals surface area contributed by atoms with Gasteiger partial charge in [0.1, 0.15) is 6.26 Å². The third kappa shape index (κ3) is 7.74. The second kappa shape index (κ2) is 12.1. The molecular formula is C26H34O5. The molecule has 1 aromatic rings. The van der Waals surface area contributed by atoms with Gasteiger partial charge in [-0.1, -0.05) is 30.2 Å². The summed E-state index contributed by atoms with van der Waals surface area (Å²) in [6.45, 7) is 8.07. The van der Waals surface area contributed by atoms with Crippen LogP contribution in [0.25, 0.3) is 0 Å². The molecule has 0 spiro atoms. The molecule has 1 atom stereocenters. The van der Waals surface area contributed by atoms with Crippen LogP contribution in [-0.2, 0) is 14.3 Å². The number of furan rings is 1. The average molecular weight is 427 g/mol. The summed E-state index contributed by atoms with van der Waals surface area (Å²) in [4.78, 5) is 23.7. The lowest BCUT2D eigenvalue weighted by molar-refractivity contribution is -0.133. The van der Waals surface area contributed by atoms with E-state index in [0.29, 0.717) is 35.0 Å². The first-order chi connectivity index (χ1) is 14.8. The number of Topliss-reactive ketones (excluding diaryl/α,β-unsaturated/α-hetero) is 1. The van der Waals surface area contributed by atoms with Crippen molar-refractivity contribution in [1.29, 1.82) is 0 Å². The maximum absolute atomic E-state index is 12.0. The zero-order valence-corrected chi connectivity index (χ0v) is 19.3. The van der Waals surface area contributed by atoms with Crippen LogP contribution in [0.5, 0.6) is 0 Å². The highest BCUT2D eigenvalue weighted by Gasteiger charge is 2.27. The van der Waals surface area contributed by atoms with Gasteiger partial charge in [-0.25, -0.2) is 4.79 Å². The molecule has 0 aliphatic carbocycles. The summed E-state index contributed by atoms with van der Waals surface area (Å²) < 4.78 is 15.5. The van der Waals surface area contributed by atoms with Gasteiger partial charge in [-0.15, -0.1) is 0 Å². The molecule has 168 valence electrons. The highest BCUT2D eigenvalue weighted by Crippen LogP contribution is 2.28. The lowest BCUT2D eigenvalue weighted by Crippen LogP contribution is -1.98. The second-order valence-electron chi connectivity index (χ2n) is 8.22. The zero-order chi connectivity index (χ0) is 22.8. The van der Waals surface area contributed by atoms with Crippen LogP contribution in [0.4, 0.5) is 0 Å². The van der Waals surface area contributed by atoms with E-state index in [1.54, 1.807) is 20.1 Å². The Hall–Kier alpha value is -2.82. The minimum Gasteiger partial charge on any atom is -0.492 e. The van der Waals surface area contributed by atoms with E-state index in [0.717, 1.165) is 32.1 Å². The number of hydrogen-bond donors (Lipinski definition) is 0. The van der Waals surface area contributed by atoms with Gasteiger partial charge >= 0.3 is 5.97 Å². The Morgan fingerprint density at radius 1 is 1.16 bits per heavy atom. The molecule has 31 heavy (non-hydrogen) atoms. The fourth-order valence-electron chi connectivity index (χ4n) is 3.45. The largest absolute Gasteiger partial charge is 0.492 e. The van der Waals surface area contributed by atoms with Crippen LogP contribution in [-0.4, -0.2) is 18.9 Å². The monoisotopic (exact) mass is 426 g/mol. The Bertz CT molecular complexity index is 881. The van der Waals surface area contributed by atoms with Crippen molar-refractivity contribution in [3.63, 3.8) is 0 Å². The van der Waals surface area contributed by atoms with Gasteiger partial charge in [0, 0.05) is 6.42 Å². The van der Waals surface area contributed by atoms with Gasteiger partial charge in [0.25, 0.3) is 0 Å². The molecule has 5 nitrogen and oxygen atoms in total. The van der Waals surface area contributed by atoms with E-state index in [2.05, 4.69) is 32.9 Å². The van der Waals surface area contributed by atoms with E-state index in [1.807, 2.05) is 6.08 Å². The molecule has 0 saturated heterocycles. The van der Waals surface area contributed by atoms with Crippen LogP contribution in [0.1, 0.15) is 76.6 Å². The summed E-state index contributed by atoms with van der Waals surface area (Å²) in [6, 6.07) is 1.71. The van der Waals surface area contributed by atoms with Gasteiger partial charge in [-0.2, -0.15) is 0 Å². The smallest absolute Gasteiger partial charge is 0.343 e. The van der Waals surface area contributed by atoms with Crippen LogP contribution in [0.3, 0.4) is 0 Å². The predicted octanol–water partition coefficient (Wildman–Crippen LogP) is 6.69. The number of rotatable bonds is 12. The molecule has 1 aliphatic heterocycles. The number of ketones is 1. The molecule has 0 unspecified atom stereocenters. The lowest BCUT2D eigenvalue weighted by Gasteiger charge is -2.09. The molecule has 0 radical (unpaired) electrons. The number of ether oxygens (including phenoxy) is 2. The first-order valence-electron chi connectivity index (χ1n) is 10.9. The average Bonchev–Trinajstić information content (AvgIpc) is 3.35. The third-order valence-electron chi connectivity index (χ3n) is 5.47. The van der Waals surface area contributed by atoms with E-state index in [4.69, 9.17) is 13.9 Å². The van der Waals surface area contributed by atoms with Crippen LogP contribution >= 0.6 is 0 Å². The maximum Gasteiger partial charge on any atom is 0.343 e. The lowest BCUT2D eigenvalue weighted by atomic mass is 10.00. The molecule has 0 saturated carbocycles. The van der Waals surface area contributed by atoms with Crippen molar-refractivity contribution in [3.8, 4) is 0 Å². The summed E-state index contributed by atoms with van der Waals surface area (Å²) in [5, 5.41) is 0. The number of hydrogen-bond acceptors (Lipinski definition) is 5. The maximum atomic E-state index is 12.0. The van der Waals surface area contributed by atoms with Crippen molar-refractivity contribution in [3.05, 3.63) is 70.6 Å². The van der Waals surface area contributed by atoms with Crippen LogP contribution in [0.2, 0.25) is 0 Å². The molecule has 0 N–H and O–H groups in total. The summed E-state index contributed by atoms with van der Waals surface area (Å²) in [5.74, 6) is 1.16. The van der Waals surface area contributed by atoms with E-state index >= 15 is 0 Å². The minimum absolute atomic E-state index is 0.118. The van der Waals surface area contributed by atoms with Crippen molar-refractivity contribution >= 4 is 11.8 Å². The summed E-state index contributed by atoms with van der Waals surface area (Å²) >= 11 is 0. The van der Waals surface area contributed by atoms with E-state index in [9.17, 15) is 9.59 Å². The first kappa shape index (κ1) is 24.4. The summed E-state index contributed by atoms with van der Waals surface area (Å²) in [6.07, 6.45) is 14.7. The number of methoxy groups -OCH3 is 1. The molecule has 0 bridgehead atoms. The molecule has 0 fully saturated rings. The highest BCUT2D eigenvalue weighted by molar-refractivity contribution is 5.95. The minimum atomic E-state index is -0.330. The molecule has 2 rings (SSSR count). The van der Waals surface area contributed by atoms with E-state index < -0.39 is 0 Å². The Morgan fingerprint density at radius 2 is 1.87 bits per heavy atom. The van der Waals surface area contributed by atoms with Gasteiger partial charge in [-0.05, 0) is 70.9 Å². The Kier molecular flexibility index (Phi) is 9.57. The topological polar surface area (TPSA) is 65.7 Å². The SMILES string of the molecule is COC1=C(C)C(=O)O/C1=C\[C@@H](C)CCC/C(C)=C/C/C=C(\C)CCC(=O)c1ccoc1. The van der Waals surface area contributed by atoms with Gasteiger partial charge in [0.15, 0.2) is 17.3 Å². The number of carbonyl (C=O) groups excluding carboxylic acids is 2. The van der Waals surface area contributed by atoms with Gasteiger partial charge in [0.2, 0.25) is 0 Å². The van der Waals surface area contributed by atoms with Crippen LogP contribution < -0.4 is 0 Å². The molecule has 1 aliphatic rings. The van der Waals surface area contributed by atoms with Gasteiger partial charge in [0.05, 0.1) is 24.5 Å². The van der Waals surface area contributed by atoms with Crippen molar-refractivity contribution in [1.82, 2.24) is 0 Å². The fourth-order valence-corrected chi connectivity index (χ4v) is 3.45. The molecule has 0 aromatic carbocycles. The zero-order valence-electron chi connectivity index (χ0n) is 19.3.